The summed E-state index contributed by atoms with van der Waals surface area (Å²) in [6.45, 7) is 4.43. The van der Waals surface area contributed by atoms with Gasteiger partial charge in [-0.2, -0.15) is 0 Å². The van der Waals surface area contributed by atoms with Gasteiger partial charge in [0.15, 0.2) is 0 Å². The van der Waals surface area contributed by atoms with Gasteiger partial charge in [-0.1, -0.05) is 29.8 Å². The molecule has 1 unspecified atom stereocenters. The minimum atomic E-state index is -0.163. The largest absolute Gasteiger partial charge is 0.383 e. The molecule has 1 atom stereocenters. The number of methoxy groups -OCH3 is 1. The lowest BCUT2D eigenvalue weighted by Gasteiger charge is -2.11. The minimum Gasteiger partial charge on any atom is -0.383 e. The Morgan fingerprint density at radius 2 is 2.10 bits per heavy atom. The maximum absolute atomic E-state index is 12.0. The molecule has 0 aliphatic carbocycles. The molecule has 1 N–H and O–H groups in total. The van der Waals surface area contributed by atoms with Crippen LogP contribution in [-0.2, 0) is 4.74 Å². The third kappa shape index (κ3) is 3.65. The van der Waals surface area contributed by atoms with Crippen molar-refractivity contribution >= 4 is 17.2 Å². The summed E-state index contributed by atoms with van der Waals surface area (Å²) in [4.78, 5) is 16.4. The smallest absolute Gasteiger partial charge is 0.271 e. The third-order valence-corrected chi connectivity index (χ3v) is 3.72. The number of carbonyl (C=O) groups is 1. The van der Waals surface area contributed by atoms with Crippen molar-refractivity contribution in [1.29, 1.82) is 0 Å². The molecule has 0 aliphatic heterocycles. The van der Waals surface area contributed by atoms with E-state index in [1.54, 1.807) is 12.5 Å². The number of nitrogens with one attached hydrogen (secondary N) is 1. The predicted octanol–water partition coefficient (Wildman–Crippen LogP) is 2.88. The summed E-state index contributed by atoms with van der Waals surface area (Å²) in [5.74, 6) is -0.163. The van der Waals surface area contributed by atoms with Crippen molar-refractivity contribution in [2.24, 2.45) is 0 Å². The summed E-state index contributed by atoms with van der Waals surface area (Å²) in [5.41, 5.74) is 2.69. The molecule has 0 saturated carbocycles. The van der Waals surface area contributed by atoms with Crippen molar-refractivity contribution in [1.82, 2.24) is 10.3 Å². The molecule has 1 aromatic carbocycles. The van der Waals surface area contributed by atoms with Crippen LogP contribution in [0.3, 0.4) is 0 Å². The first kappa shape index (κ1) is 14.7. The summed E-state index contributed by atoms with van der Waals surface area (Å²) >= 11 is 1.47. The van der Waals surface area contributed by atoms with Crippen molar-refractivity contribution in [2.45, 2.75) is 19.9 Å². The number of aryl methyl sites for hydroxylation is 1. The van der Waals surface area contributed by atoms with Gasteiger partial charge in [-0.3, -0.25) is 4.79 Å². The summed E-state index contributed by atoms with van der Waals surface area (Å²) < 4.78 is 4.99. The monoisotopic (exact) mass is 290 g/mol. The fourth-order valence-corrected chi connectivity index (χ4v) is 2.60. The second-order valence-electron chi connectivity index (χ2n) is 4.73. The van der Waals surface area contributed by atoms with Crippen LogP contribution in [0, 0.1) is 6.92 Å². The summed E-state index contributed by atoms with van der Waals surface area (Å²) in [5, 5.41) is 5.49. The fourth-order valence-electron chi connectivity index (χ4n) is 1.80. The average Bonchev–Trinajstić information content (AvgIpc) is 2.89. The number of ether oxygens (including phenoxy) is 1. The van der Waals surface area contributed by atoms with Crippen molar-refractivity contribution in [3.63, 3.8) is 0 Å². The Morgan fingerprint density at radius 1 is 1.40 bits per heavy atom. The van der Waals surface area contributed by atoms with Crippen LogP contribution in [0.1, 0.15) is 23.0 Å². The lowest BCUT2D eigenvalue weighted by molar-refractivity contribution is 0.0901. The molecule has 20 heavy (non-hydrogen) atoms. The Balaban J connectivity index is 2.08. The zero-order valence-electron chi connectivity index (χ0n) is 11.8. The molecule has 0 radical (unpaired) electrons. The molecular weight excluding hydrogens is 272 g/mol. The van der Waals surface area contributed by atoms with Gasteiger partial charge in [0.1, 0.15) is 10.7 Å². The van der Waals surface area contributed by atoms with E-state index in [1.165, 1.54) is 16.9 Å². The molecule has 0 aliphatic rings. The summed E-state index contributed by atoms with van der Waals surface area (Å²) in [6, 6.07) is 8.08. The van der Waals surface area contributed by atoms with Crippen molar-refractivity contribution in [3.8, 4) is 10.6 Å². The zero-order valence-corrected chi connectivity index (χ0v) is 12.7. The van der Waals surface area contributed by atoms with Crippen molar-refractivity contribution < 1.29 is 9.53 Å². The quantitative estimate of drug-likeness (QED) is 0.921. The number of amides is 1. The van der Waals surface area contributed by atoms with Crippen LogP contribution in [0.15, 0.2) is 29.6 Å². The fraction of sp³-hybridized carbons (Fsp3) is 0.333. The first-order chi connectivity index (χ1) is 9.60. The van der Waals surface area contributed by atoms with E-state index in [2.05, 4.69) is 10.3 Å². The van der Waals surface area contributed by atoms with Crippen LogP contribution in [0.2, 0.25) is 0 Å². The van der Waals surface area contributed by atoms with Gasteiger partial charge >= 0.3 is 0 Å². The van der Waals surface area contributed by atoms with Gasteiger partial charge in [-0.25, -0.2) is 4.98 Å². The molecular formula is C15H18N2O2S. The Hall–Kier alpha value is -1.72. The Labute approximate surface area is 122 Å². The lowest BCUT2D eigenvalue weighted by atomic mass is 10.2. The van der Waals surface area contributed by atoms with Crippen LogP contribution in [0.5, 0.6) is 0 Å². The topological polar surface area (TPSA) is 51.2 Å². The SMILES string of the molecule is COCC(C)NC(=O)c1csc(-c2ccc(C)cc2)n1. The van der Waals surface area contributed by atoms with Gasteiger partial charge in [0.05, 0.1) is 6.61 Å². The second kappa shape index (κ2) is 6.63. The first-order valence-corrected chi connectivity index (χ1v) is 7.30. The minimum absolute atomic E-state index is 0.0305. The van der Waals surface area contributed by atoms with E-state index in [-0.39, 0.29) is 11.9 Å². The highest BCUT2D eigenvalue weighted by atomic mass is 32.1. The number of nitrogens with zero attached hydrogens (tertiary/aromatic N) is 1. The molecule has 5 heteroatoms. The van der Waals surface area contributed by atoms with Gasteiger partial charge in [0, 0.05) is 24.1 Å². The molecule has 1 aromatic heterocycles. The van der Waals surface area contributed by atoms with Gasteiger partial charge in [-0.05, 0) is 13.8 Å². The molecule has 106 valence electrons. The number of thiazole rings is 1. The summed E-state index contributed by atoms with van der Waals surface area (Å²) in [6.07, 6.45) is 0. The molecule has 0 bridgehead atoms. The Kier molecular flexibility index (Phi) is 4.87. The van der Waals surface area contributed by atoms with Gasteiger partial charge in [-0.15, -0.1) is 11.3 Å². The molecule has 0 spiro atoms. The van der Waals surface area contributed by atoms with E-state index in [1.807, 2.05) is 38.1 Å². The maximum Gasteiger partial charge on any atom is 0.271 e. The van der Waals surface area contributed by atoms with Crippen LogP contribution in [0.25, 0.3) is 10.6 Å². The van der Waals surface area contributed by atoms with Gasteiger partial charge in [0.25, 0.3) is 5.91 Å². The van der Waals surface area contributed by atoms with Gasteiger partial charge in [0.2, 0.25) is 0 Å². The van der Waals surface area contributed by atoms with Crippen molar-refractivity contribution in [3.05, 3.63) is 40.9 Å². The average molecular weight is 290 g/mol. The number of rotatable bonds is 5. The van der Waals surface area contributed by atoms with Crippen LogP contribution >= 0.6 is 11.3 Å². The standard InChI is InChI=1S/C15H18N2O2S/c1-10-4-6-12(7-5-10)15-17-13(9-20-15)14(18)16-11(2)8-19-3/h4-7,9,11H,8H2,1-3H3,(H,16,18). The molecule has 2 rings (SSSR count). The normalized spacial score (nSPS) is 12.2. The molecule has 0 saturated heterocycles. The van der Waals surface area contributed by atoms with E-state index in [0.717, 1.165) is 10.6 Å². The molecule has 1 amide bonds. The highest BCUT2D eigenvalue weighted by molar-refractivity contribution is 7.13. The van der Waals surface area contributed by atoms with Crippen LogP contribution in [0.4, 0.5) is 0 Å². The van der Waals surface area contributed by atoms with E-state index in [4.69, 9.17) is 4.74 Å². The predicted molar refractivity (Wildman–Crippen MR) is 81.1 cm³/mol. The van der Waals surface area contributed by atoms with E-state index >= 15 is 0 Å². The van der Waals surface area contributed by atoms with Crippen LogP contribution in [-0.4, -0.2) is 30.6 Å². The van der Waals surface area contributed by atoms with E-state index in [9.17, 15) is 4.79 Å². The lowest BCUT2D eigenvalue weighted by Crippen LogP contribution is -2.35. The zero-order chi connectivity index (χ0) is 14.5. The number of benzene rings is 1. The summed E-state index contributed by atoms with van der Waals surface area (Å²) in [7, 11) is 1.61. The maximum atomic E-state index is 12.0. The third-order valence-electron chi connectivity index (χ3n) is 2.83. The number of hydrogen-bond donors (Lipinski definition) is 1. The van der Waals surface area contributed by atoms with Gasteiger partial charge < -0.3 is 10.1 Å². The highest BCUT2D eigenvalue weighted by Crippen LogP contribution is 2.23. The number of hydrogen-bond acceptors (Lipinski definition) is 4. The van der Waals surface area contributed by atoms with E-state index < -0.39 is 0 Å². The Morgan fingerprint density at radius 3 is 2.75 bits per heavy atom. The molecule has 2 aromatic rings. The molecule has 1 heterocycles. The highest BCUT2D eigenvalue weighted by Gasteiger charge is 2.14. The Bertz CT molecular complexity index is 578. The molecule has 4 nitrogen and oxygen atoms in total. The van der Waals surface area contributed by atoms with E-state index in [0.29, 0.717) is 12.3 Å². The number of aromatic nitrogens is 1. The first-order valence-electron chi connectivity index (χ1n) is 6.42. The van der Waals surface area contributed by atoms with Crippen molar-refractivity contribution in [2.75, 3.05) is 13.7 Å². The molecule has 0 fully saturated rings. The number of carbonyl (C=O) groups excluding carboxylic acids is 1. The van der Waals surface area contributed by atoms with Crippen LogP contribution < -0.4 is 5.32 Å². The second-order valence-corrected chi connectivity index (χ2v) is 5.59.